The van der Waals surface area contributed by atoms with Crippen molar-refractivity contribution in [3.05, 3.63) is 40.4 Å². The summed E-state index contributed by atoms with van der Waals surface area (Å²) < 4.78 is 0. The zero-order chi connectivity index (χ0) is 14.0. The predicted octanol–water partition coefficient (Wildman–Crippen LogP) is 2.97. The van der Waals surface area contributed by atoms with Crippen molar-refractivity contribution in [2.24, 2.45) is 0 Å². The molecule has 2 rings (SSSR count). The van der Waals surface area contributed by atoms with Crippen LogP contribution in [0.15, 0.2) is 30.3 Å². The molecule has 1 heterocycles. The van der Waals surface area contributed by atoms with Crippen LogP contribution in [0.2, 0.25) is 0 Å². The highest BCUT2D eigenvalue weighted by atomic mass is 16.6. The van der Waals surface area contributed by atoms with Crippen LogP contribution in [0.5, 0.6) is 0 Å². The van der Waals surface area contributed by atoms with Gasteiger partial charge in [-0.15, -0.1) is 6.42 Å². The average Bonchev–Trinajstić information content (AvgIpc) is 2.37. The minimum atomic E-state index is -0.499. The van der Waals surface area contributed by atoms with E-state index in [-0.39, 0.29) is 5.69 Å². The van der Waals surface area contributed by atoms with Crippen molar-refractivity contribution in [1.29, 1.82) is 0 Å². The average molecular weight is 255 g/mol. The lowest BCUT2D eigenvalue weighted by molar-refractivity contribution is -0.384. The van der Waals surface area contributed by atoms with E-state index in [9.17, 15) is 10.1 Å². The monoisotopic (exact) mass is 255 g/mol. The summed E-state index contributed by atoms with van der Waals surface area (Å²) in [5.41, 5.74) is 0.240. The van der Waals surface area contributed by atoms with Crippen LogP contribution in [0, 0.1) is 22.5 Å². The zero-order valence-electron chi connectivity index (χ0n) is 10.7. The number of anilines is 1. The number of fused-ring (bicyclic) bond motifs is 1. The fraction of sp³-hybridized carbons (Fsp3) is 0.214. The third kappa shape index (κ3) is 2.80. The molecule has 2 aromatic rings. The number of nitrogens with zero attached hydrogens (tertiary/aromatic N) is 2. The highest BCUT2D eigenvalue weighted by Crippen LogP contribution is 2.22. The Kier molecular flexibility index (Phi) is 3.09. The second kappa shape index (κ2) is 4.58. The predicted molar refractivity (Wildman–Crippen MR) is 74.9 cm³/mol. The maximum Gasteiger partial charge on any atom is 0.270 e. The quantitative estimate of drug-likeness (QED) is 0.520. The van der Waals surface area contributed by atoms with Crippen LogP contribution in [-0.4, -0.2) is 15.4 Å². The minimum absolute atomic E-state index is 0.0546. The number of benzene rings is 1. The molecule has 5 nitrogen and oxygen atoms in total. The molecule has 1 N–H and O–H groups in total. The van der Waals surface area contributed by atoms with E-state index < -0.39 is 10.5 Å². The standard InChI is InChI=1S/C14H13N3O2/c1-4-14(2,3)16-13-8-5-10-9-11(17(18)19)6-7-12(10)15-13/h1,5-9H,2-3H3,(H,15,16). The number of nitrogens with one attached hydrogen (secondary N) is 1. The highest BCUT2D eigenvalue weighted by Gasteiger charge is 2.14. The third-order valence-corrected chi connectivity index (χ3v) is 2.69. The summed E-state index contributed by atoms with van der Waals surface area (Å²) in [7, 11) is 0. The molecular formula is C14H13N3O2. The summed E-state index contributed by atoms with van der Waals surface area (Å²) in [5.74, 6) is 3.26. The topological polar surface area (TPSA) is 68.1 Å². The smallest absolute Gasteiger partial charge is 0.270 e. The van der Waals surface area contributed by atoms with Gasteiger partial charge in [0.15, 0.2) is 0 Å². The molecule has 0 saturated carbocycles. The Morgan fingerprint density at radius 1 is 1.37 bits per heavy atom. The second-order valence-corrected chi connectivity index (χ2v) is 4.72. The fourth-order valence-corrected chi connectivity index (χ4v) is 1.65. The van der Waals surface area contributed by atoms with Gasteiger partial charge in [0.25, 0.3) is 5.69 Å². The minimum Gasteiger partial charge on any atom is -0.354 e. The number of aromatic nitrogens is 1. The summed E-state index contributed by atoms with van der Waals surface area (Å²) in [6.07, 6.45) is 5.40. The summed E-state index contributed by atoms with van der Waals surface area (Å²) in [6.45, 7) is 3.74. The summed E-state index contributed by atoms with van der Waals surface area (Å²) >= 11 is 0. The molecule has 0 aliphatic rings. The van der Waals surface area contributed by atoms with Gasteiger partial charge in [0.1, 0.15) is 5.82 Å². The van der Waals surface area contributed by atoms with Crippen LogP contribution in [0.3, 0.4) is 0 Å². The van der Waals surface area contributed by atoms with Crippen LogP contribution in [-0.2, 0) is 0 Å². The molecule has 0 aliphatic heterocycles. The molecule has 0 spiro atoms. The van der Waals surface area contributed by atoms with Crippen LogP contribution in [0.4, 0.5) is 11.5 Å². The molecule has 0 unspecified atom stereocenters. The number of nitro benzene ring substituents is 1. The molecular weight excluding hydrogens is 242 g/mol. The second-order valence-electron chi connectivity index (χ2n) is 4.72. The van der Waals surface area contributed by atoms with Crippen molar-refractivity contribution in [3.8, 4) is 12.3 Å². The summed E-state index contributed by atoms with van der Waals surface area (Å²) in [6, 6.07) is 8.10. The molecule has 0 radical (unpaired) electrons. The number of hydrogen-bond donors (Lipinski definition) is 1. The number of non-ortho nitro benzene ring substituents is 1. The molecule has 0 amide bonds. The molecule has 19 heavy (non-hydrogen) atoms. The van der Waals surface area contributed by atoms with Gasteiger partial charge in [0.2, 0.25) is 0 Å². The first-order chi connectivity index (χ1) is 8.91. The van der Waals surface area contributed by atoms with E-state index in [2.05, 4.69) is 16.2 Å². The Hall–Kier alpha value is -2.61. The molecule has 1 aromatic carbocycles. The van der Waals surface area contributed by atoms with Crippen molar-refractivity contribution < 1.29 is 4.92 Å². The van der Waals surface area contributed by atoms with E-state index in [4.69, 9.17) is 6.42 Å². The lowest BCUT2D eigenvalue weighted by atomic mass is 10.1. The van der Waals surface area contributed by atoms with Crippen LogP contribution in [0.1, 0.15) is 13.8 Å². The number of pyridine rings is 1. The van der Waals surface area contributed by atoms with E-state index in [1.807, 2.05) is 13.8 Å². The molecule has 5 heteroatoms. The Balaban J connectivity index is 2.40. The Bertz CT molecular complexity index is 687. The van der Waals surface area contributed by atoms with Crippen molar-refractivity contribution in [2.45, 2.75) is 19.4 Å². The van der Waals surface area contributed by atoms with Crippen molar-refractivity contribution >= 4 is 22.4 Å². The Labute approximate surface area is 110 Å². The van der Waals surface area contributed by atoms with Gasteiger partial charge in [-0.05, 0) is 32.0 Å². The van der Waals surface area contributed by atoms with Crippen LogP contribution >= 0.6 is 0 Å². The van der Waals surface area contributed by atoms with E-state index in [0.29, 0.717) is 11.3 Å². The van der Waals surface area contributed by atoms with Gasteiger partial charge in [-0.2, -0.15) is 0 Å². The molecule has 96 valence electrons. The van der Waals surface area contributed by atoms with E-state index in [1.54, 1.807) is 18.2 Å². The van der Waals surface area contributed by atoms with Gasteiger partial charge in [-0.1, -0.05) is 5.92 Å². The maximum atomic E-state index is 10.7. The Morgan fingerprint density at radius 2 is 2.11 bits per heavy atom. The van der Waals surface area contributed by atoms with Crippen LogP contribution < -0.4 is 5.32 Å². The Morgan fingerprint density at radius 3 is 2.74 bits per heavy atom. The number of terminal acetylenes is 1. The van der Waals surface area contributed by atoms with E-state index >= 15 is 0 Å². The van der Waals surface area contributed by atoms with Crippen LogP contribution in [0.25, 0.3) is 10.9 Å². The molecule has 0 aliphatic carbocycles. The lowest BCUT2D eigenvalue weighted by Crippen LogP contribution is -2.28. The van der Waals surface area contributed by atoms with Gasteiger partial charge >= 0.3 is 0 Å². The summed E-state index contributed by atoms with van der Waals surface area (Å²) in [5, 5.41) is 14.5. The lowest BCUT2D eigenvalue weighted by Gasteiger charge is -2.20. The normalized spacial score (nSPS) is 11.0. The van der Waals surface area contributed by atoms with Crippen molar-refractivity contribution in [1.82, 2.24) is 4.98 Å². The molecule has 0 atom stereocenters. The number of hydrogen-bond acceptors (Lipinski definition) is 4. The largest absolute Gasteiger partial charge is 0.354 e. The van der Waals surface area contributed by atoms with Crippen molar-refractivity contribution in [2.75, 3.05) is 5.32 Å². The number of nitro groups is 1. The molecule has 0 bridgehead atoms. The first-order valence-electron chi connectivity index (χ1n) is 5.72. The van der Waals surface area contributed by atoms with Gasteiger partial charge in [0.05, 0.1) is 16.0 Å². The third-order valence-electron chi connectivity index (χ3n) is 2.69. The SMILES string of the molecule is C#CC(C)(C)Nc1ccc2cc([N+](=O)[O-])ccc2n1. The first-order valence-corrected chi connectivity index (χ1v) is 5.72. The van der Waals surface area contributed by atoms with Gasteiger partial charge in [-0.25, -0.2) is 4.98 Å². The number of rotatable bonds is 3. The molecule has 1 aromatic heterocycles. The van der Waals surface area contributed by atoms with Gasteiger partial charge in [0, 0.05) is 17.5 Å². The zero-order valence-corrected chi connectivity index (χ0v) is 10.7. The fourth-order valence-electron chi connectivity index (χ4n) is 1.65. The van der Waals surface area contributed by atoms with Gasteiger partial charge in [-0.3, -0.25) is 10.1 Å². The van der Waals surface area contributed by atoms with Crippen molar-refractivity contribution in [3.63, 3.8) is 0 Å². The van der Waals surface area contributed by atoms with Gasteiger partial charge < -0.3 is 5.32 Å². The van der Waals surface area contributed by atoms with E-state index in [1.165, 1.54) is 12.1 Å². The maximum absolute atomic E-state index is 10.7. The highest BCUT2D eigenvalue weighted by molar-refractivity contribution is 5.82. The molecule has 0 fully saturated rings. The van der Waals surface area contributed by atoms with E-state index in [0.717, 1.165) is 5.39 Å². The molecule has 0 saturated heterocycles. The summed E-state index contributed by atoms with van der Waals surface area (Å²) in [4.78, 5) is 14.6. The first kappa shape index (κ1) is 12.8.